The van der Waals surface area contributed by atoms with Gasteiger partial charge in [-0.2, -0.15) is 0 Å². The molecule has 0 saturated heterocycles. The Morgan fingerprint density at radius 1 is 0.738 bits per heavy atom. The number of carbonyl (C=O) groups excluding carboxylic acids is 8. The molecule has 5 amide bonds. The summed E-state index contributed by atoms with van der Waals surface area (Å²) >= 11 is 0. The highest BCUT2D eigenvalue weighted by atomic mass is 16.6. The maximum Gasteiger partial charge on any atom is 0.408 e. The van der Waals surface area contributed by atoms with Crippen molar-refractivity contribution >= 4 is 47.6 Å². The molecule has 1 aliphatic carbocycles. The van der Waals surface area contributed by atoms with E-state index in [9.17, 15) is 38.4 Å². The first-order valence-electron chi connectivity index (χ1n) is 21.1. The molecule has 0 bridgehead atoms. The topological polar surface area (TPSA) is 251 Å². The van der Waals surface area contributed by atoms with Gasteiger partial charge in [0.2, 0.25) is 23.6 Å². The molecule has 0 aromatic carbocycles. The standard InChI is InChI=1S/C42H69N7O12/c1-12-25(2)34(48-37(54)31(22-27-23-43-24-49(27)10)47-40(57)61-42(7,8)9)38(55)46-30(18-20-32(50)59-28-16-14-13-15-17-28)36(53)45-29(19-21-33(51)60-41(4,5)6)35(52)44-26(3)39(56)58-11/h23-26,28-31,34H,12-22H2,1-11H3,(H,44,52)(H,45,53)(H,46,55)(H,47,57)(H,48,54)/t25-,26-,29+,30-,31-,34+/m0/s1. The predicted octanol–water partition coefficient (Wildman–Crippen LogP) is 2.81. The van der Waals surface area contributed by atoms with Crippen LogP contribution >= 0.6 is 0 Å². The maximum absolute atomic E-state index is 14.2. The summed E-state index contributed by atoms with van der Waals surface area (Å²) in [6, 6.07) is -6.43. The Kier molecular flexibility index (Phi) is 20.7. The number of carbonyl (C=O) groups is 8. The quantitative estimate of drug-likeness (QED) is 0.0882. The Balaban J connectivity index is 2.44. The lowest BCUT2D eigenvalue weighted by molar-refractivity contribution is -0.155. The number of alkyl carbamates (subject to hydrolysis) is 1. The van der Waals surface area contributed by atoms with Gasteiger partial charge in [-0.25, -0.2) is 14.6 Å². The summed E-state index contributed by atoms with van der Waals surface area (Å²) in [5, 5.41) is 13.1. The molecule has 5 N–H and O–H groups in total. The van der Waals surface area contributed by atoms with Gasteiger partial charge in [-0.15, -0.1) is 0 Å². The van der Waals surface area contributed by atoms with Crippen molar-refractivity contribution in [2.75, 3.05) is 7.11 Å². The number of methoxy groups -OCH3 is 1. The fourth-order valence-corrected chi connectivity index (χ4v) is 6.37. The van der Waals surface area contributed by atoms with Gasteiger partial charge in [0, 0.05) is 38.2 Å². The molecule has 0 radical (unpaired) electrons. The lowest BCUT2D eigenvalue weighted by atomic mass is 9.96. The molecule has 344 valence electrons. The first-order chi connectivity index (χ1) is 28.4. The van der Waals surface area contributed by atoms with E-state index in [0.29, 0.717) is 25.0 Å². The van der Waals surface area contributed by atoms with Crippen LogP contribution in [0.25, 0.3) is 0 Å². The van der Waals surface area contributed by atoms with Crippen LogP contribution in [0.3, 0.4) is 0 Å². The Morgan fingerprint density at radius 3 is 1.80 bits per heavy atom. The van der Waals surface area contributed by atoms with Gasteiger partial charge in [-0.1, -0.05) is 26.7 Å². The van der Waals surface area contributed by atoms with Gasteiger partial charge in [-0.05, 0) is 92.9 Å². The molecule has 61 heavy (non-hydrogen) atoms. The van der Waals surface area contributed by atoms with Crippen molar-refractivity contribution in [3.05, 3.63) is 18.2 Å². The maximum atomic E-state index is 14.2. The molecular weight excluding hydrogens is 794 g/mol. The smallest absolute Gasteiger partial charge is 0.408 e. The zero-order valence-electron chi connectivity index (χ0n) is 37.8. The third kappa shape index (κ3) is 19.4. The average Bonchev–Trinajstić information content (AvgIpc) is 3.58. The van der Waals surface area contributed by atoms with E-state index < -0.39 is 95.0 Å². The summed E-state index contributed by atoms with van der Waals surface area (Å²) in [7, 11) is 2.87. The van der Waals surface area contributed by atoms with Crippen molar-refractivity contribution in [2.45, 2.75) is 180 Å². The lowest BCUT2D eigenvalue weighted by Gasteiger charge is -2.29. The van der Waals surface area contributed by atoms with Gasteiger partial charge in [-0.3, -0.25) is 28.8 Å². The monoisotopic (exact) mass is 864 g/mol. The fourth-order valence-electron chi connectivity index (χ4n) is 6.37. The van der Waals surface area contributed by atoms with Crippen LogP contribution < -0.4 is 26.6 Å². The highest BCUT2D eigenvalue weighted by Gasteiger charge is 2.35. The third-order valence-corrected chi connectivity index (χ3v) is 9.85. The van der Waals surface area contributed by atoms with Crippen LogP contribution in [0.5, 0.6) is 0 Å². The molecule has 19 heteroatoms. The summed E-state index contributed by atoms with van der Waals surface area (Å²) < 4.78 is 22.9. The number of ether oxygens (including phenoxy) is 4. The molecule has 1 aliphatic rings. The number of aryl methyl sites for hydroxylation is 1. The number of imidazole rings is 1. The van der Waals surface area contributed by atoms with Gasteiger partial charge in [0.1, 0.15) is 47.5 Å². The lowest BCUT2D eigenvalue weighted by Crippen LogP contribution is -2.60. The second-order valence-electron chi connectivity index (χ2n) is 17.6. The Morgan fingerprint density at radius 2 is 1.28 bits per heavy atom. The summed E-state index contributed by atoms with van der Waals surface area (Å²) in [6.45, 7) is 15.0. The molecule has 1 heterocycles. The van der Waals surface area contributed by atoms with Gasteiger partial charge in [0.25, 0.3) is 0 Å². The normalized spacial score (nSPS) is 16.2. The molecule has 0 spiro atoms. The van der Waals surface area contributed by atoms with E-state index in [1.54, 1.807) is 67.0 Å². The van der Waals surface area contributed by atoms with Gasteiger partial charge < -0.3 is 50.1 Å². The Bertz CT molecular complexity index is 1660. The number of nitrogens with zero attached hydrogens (tertiary/aromatic N) is 2. The van der Waals surface area contributed by atoms with E-state index >= 15 is 0 Å². The van der Waals surface area contributed by atoms with Crippen LogP contribution in [0.1, 0.15) is 132 Å². The number of aromatic nitrogens is 2. The molecular formula is C42H69N7O12. The zero-order valence-corrected chi connectivity index (χ0v) is 37.8. The summed E-state index contributed by atoms with van der Waals surface area (Å²) in [5.74, 6) is -5.70. The fraction of sp³-hybridized carbons (Fsp3) is 0.738. The van der Waals surface area contributed by atoms with Gasteiger partial charge >= 0.3 is 24.0 Å². The van der Waals surface area contributed by atoms with Gasteiger partial charge in [0.15, 0.2) is 0 Å². The van der Waals surface area contributed by atoms with E-state index in [0.717, 1.165) is 26.4 Å². The molecule has 1 saturated carbocycles. The van der Waals surface area contributed by atoms with Crippen LogP contribution in [-0.4, -0.2) is 112 Å². The number of nitrogens with one attached hydrogen (secondary N) is 5. The van der Waals surface area contributed by atoms with Crippen LogP contribution in [0.2, 0.25) is 0 Å². The van der Waals surface area contributed by atoms with E-state index in [2.05, 4.69) is 31.6 Å². The van der Waals surface area contributed by atoms with Gasteiger partial charge in [0.05, 0.1) is 13.4 Å². The van der Waals surface area contributed by atoms with Crippen LogP contribution in [-0.2, 0) is 66.0 Å². The summed E-state index contributed by atoms with van der Waals surface area (Å²) in [6.07, 6.45) is 5.56. The first kappa shape index (κ1) is 51.9. The molecule has 1 aromatic rings. The minimum Gasteiger partial charge on any atom is -0.467 e. The van der Waals surface area contributed by atoms with Crippen LogP contribution in [0.15, 0.2) is 12.5 Å². The molecule has 1 aromatic heterocycles. The third-order valence-electron chi connectivity index (χ3n) is 9.85. The van der Waals surface area contributed by atoms with E-state index in [1.807, 2.05) is 0 Å². The SMILES string of the molecule is CC[C@H](C)[C@@H](NC(=O)[C@H](Cc1cncn1C)NC(=O)OC(C)(C)C)C(=O)N[C@@H](CCC(=O)OC1CCCCC1)C(=O)N[C@H](CCC(=O)OC(C)(C)C)C(=O)N[C@@H](C)C(=O)OC. The molecule has 0 unspecified atom stereocenters. The largest absolute Gasteiger partial charge is 0.467 e. The number of esters is 3. The highest BCUT2D eigenvalue weighted by Crippen LogP contribution is 2.21. The first-order valence-corrected chi connectivity index (χ1v) is 21.1. The van der Waals surface area contributed by atoms with Crippen molar-refractivity contribution in [3.63, 3.8) is 0 Å². The Labute approximate surface area is 359 Å². The molecule has 2 rings (SSSR count). The molecule has 0 aliphatic heterocycles. The number of amides is 5. The average molecular weight is 864 g/mol. The van der Waals surface area contributed by atoms with Crippen molar-refractivity contribution in [2.24, 2.45) is 13.0 Å². The van der Waals surface area contributed by atoms with Crippen molar-refractivity contribution in [1.29, 1.82) is 0 Å². The van der Waals surface area contributed by atoms with E-state index in [1.165, 1.54) is 19.4 Å². The molecule has 19 nitrogen and oxygen atoms in total. The second kappa shape index (κ2) is 24.3. The van der Waals surface area contributed by atoms with Crippen molar-refractivity contribution in [1.82, 2.24) is 36.1 Å². The number of hydrogen-bond donors (Lipinski definition) is 5. The van der Waals surface area contributed by atoms with Crippen LogP contribution in [0, 0.1) is 5.92 Å². The van der Waals surface area contributed by atoms with Crippen molar-refractivity contribution < 1.29 is 57.3 Å². The minimum atomic E-state index is -1.45. The molecule has 6 atom stereocenters. The number of rotatable bonds is 21. The summed E-state index contributed by atoms with van der Waals surface area (Å²) in [4.78, 5) is 111. The van der Waals surface area contributed by atoms with E-state index in [4.69, 9.17) is 18.9 Å². The van der Waals surface area contributed by atoms with Crippen molar-refractivity contribution in [3.8, 4) is 0 Å². The zero-order chi connectivity index (χ0) is 46.1. The predicted molar refractivity (Wildman–Crippen MR) is 222 cm³/mol. The highest BCUT2D eigenvalue weighted by molar-refractivity contribution is 5.96. The molecule has 1 fully saturated rings. The minimum absolute atomic E-state index is 0.00803. The van der Waals surface area contributed by atoms with E-state index in [-0.39, 0.29) is 38.2 Å². The number of hydrogen-bond acceptors (Lipinski definition) is 13. The second-order valence-corrected chi connectivity index (χ2v) is 17.6. The Hall–Kier alpha value is -5.23. The summed E-state index contributed by atoms with van der Waals surface area (Å²) in [5.41, 5.74) is -1.10. The van der Waals surface area contributed by atoms with Crippen LogP contribution in [0.4, 0.5) is 4.79 Å².